The van der Waals surface area contributed by atoms with E-state index < -0.39 is 18.1 Å². The Kier molecular flexibility index (Phi) is 7.12. The van der Waals surface area contributed by atoms with Gasteiger partial charge in [0.2, 0.25) is 0 Å². The monoisotopic (exact) mass is 535 g/mol. The van der Waals surface area contributed by atoms with Gasteiger partial charge in [-0.1, -0.05) is 97.1 Å². The van der Waals surface area contributed by atoms with Crippen LogP contribution in [0, 0.1) is 0 Å². The van der Waals surface area contributed by atoms with E-state index in [1.807, 2.05) is 24.3 Å². The summed E-state index contributed by atoms with van der Waals surface area (Å²) in [5, 5.41) is 2.75. The Morgan fingerprint density at radius 3 is 1.62 bits per heavy atom. The molecule has 0 saturated carbocycles. The topological polar surface area (TPSA) is 64.6 Å². The molecule has 0 spiro atoms. The van der Waals surface area contributed by atoms with Crippen LogP contribution in [0.2, 0.25) is 0 Å². The fourth-order valence-electron chi connectivity index (χ4n) is 5.84. The maximum atomic E-state index is 12.9. The van der Waals surface area contributed by atoms with E-state index in [0.29, 0.717) is 5.75 Å². The normalized spacial score (nSPS) is 14.1. The van der Waals surface area contributed by atoms with E-state index in [-0.39, 0.29) is 18.4 Å². The molecule has 2 aliphatic rings. The third-order valence-corrected chi connectivity index (χ3v) is 8.79. The number of alkyl carbamates (subject to hydrolysis) is 1. The van der Waals surface area contributed by atoms with Crippen molar-refractivity contribution in [3.8, 4) is 22.3 Å². The van der Waals surface area contributed by atoms with E-state index in [0.717, 1.165) is 16.9 Å². The Morgan fingerprint density at radius 1 is 0.718 bits per heavy atom. The largest absolute Gasteiger partial charge is 0.467 e. The lowest BCUT2D eigenvalue weighted by molar-refractivity contribution is -0.142. The zero-order valence-electron chi connectivity index (χ0n) is 21.6. The Balaban J connectivity index is 1.09. The first-order chi connectivity index (χ1) is 19.2. The number of rotatable bonds is 8. The minimum Gasteiger partial charge on any atom is -0.467 e. The molecule has 0 aliphatic heterocycles. The van der Waals surface area contributed by atoms with Crippen molar-refractivity contribution in [2.24, 2.45) is 0 Å². The summed E-state index contributed by atoms with van der Waals surface area (Å²) in [7, 11) is 1.34. The number of benzene rings is 4. The lowest BCUT2D eigenvalue weighted by Crippen LogP contribution is -2.44. The van der Waals surface area contributed by atoms with Crippen LogP contribution >= 0.6 is 11.8 Å². The minimum atomic E-state index is -0.803. The fourth-order valence-corrected chi connectivity index (χ4v) is 7.02. The maximum absolute atomic E-state index is 12.9. The van der Waals surface area contributed by atoms with Crippen molar-refractivity contribution >= 4 is 23.8 Å². The summed E-state index contributed by atoms with van der Waals surface area (Å²) in [5.41, 5.74) is 9.74. The van der Waals surface area contributed by atoms with Gasteiger partial charge >= 0.3 is 12.1 Å². The number of fused-ring (bicyclic) bond motifs is 6. The molecular weight excluding hydrogens is 506 g/mol. The molecule has 1 atom stereocenters. The summed E-state index contributed by atoms with van der Waals surface area (Å²) < 4.78 is 10.7. The molecule has 0 fully saturated rings. The van der Waals surface area contributed by atoms with Crippen molar-refractivity contribution < 1.29 is 19.1 Å². The third kappa shape index (κ3) is 4.81. The molecule has 0 bridgehead atoms. The van der Waals surface area contributed by atoms with Crippen LogP contribution in [-0.2, 0) is 14.3 Å². The Bertz CT molecular complexity index is 1440. The summed E-state index contributed by atoms with van der Waals surface area (Å²) in [6.07, 6.45) is -0.621. The molecule has 0 aromatic heterocycles. The lowest BCUT2D eigenvalue weighted by atomic mass is 9.98. The Morgan fingerprint density at radius 2 is 1.15 bits per heavy atom. The number of amides is 1. The van der Waals surface area contributed by atoms with Gasteiger partial charge in [0, 0.05) is 23.3 Å². The van der Waals surface area contributed by atoms with Gasteiger partial charge in [0.15, 0.2) is 0 Å². The number of hydrogen-bond donors (Lipinski definition) is 1. The Labute approximate surface area is 232 Å². The van der Waals surface area contributed by atoms with Crippen molar-refractivity contribution in [1.82, 2.24) is 5.32 Å². The molecule has 6 heteroatoms. The predicted molar refractivity (Wildman–Crippen MR) is 155 cm³/mol. The van der Waals surface area contributed by atoms with Crippen LogP contribution in [0.4, 0.5) is 4.79 Å². The van der Waals surface area contributed by atoms with Gasteiger partial charge in [0.1, 0.15) is 12.6 Å². The quantitative estimate of drug-likeness (QED) is 0.257. The summed E-state index contributed by atoms with van der Waals surface area (Å²) >= 11 is 1.63. The summed E-state index contributed by atoms with van der Waals surface area (Å²) in [4.78, 5) is 25.4. The van der Waals surface area contributed by atoms with Crippen molar-refractivity contribution in [3.05, 3.63) is 119 Å². The van der Waals surface area contributed by atoms with Crippen LogP contribution in [0.25, 0.3) is 22.3 Å². The number of methoxy groups -OCH3 is 1. The highest BCUT2D eigenvalue weighted by Crippen LogP contribution is 2.46. The molecule has 39 heavy (non-hydrogen) atoms. The molecule has 4 aromatic rings. The van der Waals surface area contributed by atoms with Gasteiger partial charge in [-0.2, -0.15) is 11.8 Å². The van der Waals surface area contributed by atoms with E-state index in [4.69, 9.17) is 9.47 Å². The van der Waals surface area contributed by atoms with E-state index in [1.165, 1.54) is 40.5 Å². The molecule has 5 nitrogen and oxygen atoms in total. The van der Waals surface area contributed by atoms with E-state index >= 15 is 0 Å². The van der Waals surface area contributed by atoms with Gasteiger partial charge in [0.05, 0.1) is 7.11 Å². The van der Waals surface area contributed by atoms with Crippen LogP contribution in [0.1, 0.15) is 34.1 Å². The van der Waals surface area contributed by atoms with Gasteiger partial charge in [-0.3, -0.25) is 0 Å². The maximum Gasteiger partial charge on any atom is 0.407 e. The number of hydrogen-bond acceptors (Lipinski definition) is 5. The molecule has 0 saturated heterocycles. The average Bonchev–Trinajstić information content (AvgIpc) is 3.48. The molecule has 196 valence electrons. The first-order valence-corrected chi connectivity index (χ1v) is 14.3. The van der Waals surface area contributed by atoms with Crippen LogP contribution in [0.3, 0.4) is 0 Å². The SMILES string of the molecule is COC(=O)[C@H](CSCC1c2ccccc2-c2ccccc21)NC(=O)OCC1c2ccccc2-c2ccccc21. The molecule has 0 radical (unpaired) electrons. The summed E-state index contributed by atoms with van der Waals surface area (Å²) in [5.74, 6) is 0.876. The van der Waals surface area contributed by atoms with Gasteiger partial charge in [-0.15, -0.1) is 0 Å². The first kappa shape index (κ1) is 25.3. The van der Waals surface area contributed by atoms with Gasteiger partial charge in [-0.05, 0) is 44.5 Å². The zero-order chi connectivity index (χ0) is 26.8. The number of esters is 1. The van der Waals surface area contributed by atoms with Crippen LogP contribution < -0.4 is 5.32 Å². The molecule has 4 aromatic carbocycles. The molecule has 0 heterocycles. The number of nitrogens with one attached hydrogen (secondary N) is 1. The van der Waals surface area contributed by atoms with Crippen LogP contribution in [0.15, 0.2) is 97.1 Å². The third-order valence-electron chi connectivity index (χ3n) is 7.65. The predicted octanol–water partition coefficient (Wildman–Crippen LogP) is 6.61. The second-order valence-electron chi connectivity index (χ2n) is 9.81. The number of carbonyl (C=O) groups is 2. The molecule has 6 rings (SSSR count). The molecule has 1 amide bonds. The van der Waals surface area contributed by atoms with Crippen molar-refractivity contribution in [1.29, 1.82) is 0 Å². The molecular formula is C33H29NO4S. The highest BCUT2D eigenvalue weighted by Gasteiger charge is 2.31. The molecule has 2 aliphatic carbocycles. The number of thioether (sulfide) groups is 1. The minimum absolute atomic E-state index is 0.0448. The van der Waals surface area contributed by atoms with Crippen molar-refractivity contribution in [2.45, 2.75) is 17.9 Å². The number of ether oxygens (including phenoxy) is 2. The van der Waals surface area contributed by atoms with E-state index in [1.54, 1.807) is 11.8 Å². The standard InChI is InChI=1S/C33H29NO4S/c1-37-32(35)31(20-39-19-30-27-16-8-4-12-23(27)24-13-5-9-17-28(24)30)34-33(36)38-18-29-25-14-6-2-10-21(25)22-11-3-7-15-26(22)29/h2-17,29-31H,18-20H2,1H3,(H,34,36)/t31-/m0/s1. The van der Waals surface area contributed by atoms with Crippen LogP contribution in [0.5, 0.6) is 0 Å². The fraction of sp³-hybridized carbons (Fsp3) is 0.212. The first-order valence-electron chi connectivity index (χ1n) is 13.1. The highest BCUT2D eigenvalue weighted by atomic mass is 32.2. The summed E-state index contributed by atoms with van der Waals surface area (Å²) in [6.45, 7) is 0.191. The number of carbonyl (C=O) groups excluding carboxylic acids is 2. The smallest absolute Gasteiger partial charge is 0.407 e. The average molecular weight is 536 g/mol. The van der Waals surface area contributed by atoms with E-state index in [2.05, 4.69) is 78.1 Å². The highest BCUT2D eigenvalue weighted by molar-refractivity contribution is 7.99. The van der Waals surface area contributed by atoms with Gasteiger partial charge < -0.3 is 14.8 Å². The van der Waals surface area contributed by atoms with Gasteiger partial charge in [0.25, 0.3) is 0 Å². The Hall–Kier alpha value is -4.03. The molecule has 0 unspecified atom stereocenters. The van der Waals surface area contributed by atoms with E-state index in [9.17, 15) is 9.59 Å². The second-order valence-corrected chi connectivity index (χ2v) is 10.9. The summed E-state index contributed by atoms with van der Waals surface area (Å²) in [6, 6.07) is 32.5. The zero-order valence-corrected chi connectivity index (χ0v) is 22.4. The van der Waals surface area contributed by atoms with Crippen molar-refractivity contribution in [2.75, 3.05) is 25.2 Å². The van der Waals surface area contributed by atoms with Crippen LogP contribution in [-0.4, -0.2) is 43.3 Å². The second kappa shape index (κ2) is 11.0. The lowest BCUT2D eigenvalue weighted by Gasteiger charge is -2.19. The van der Waals surface area contributed by atoms with Crippen molar-refractivity contribution in [3.63, 3.8) is 0 Å². The van der Waals surface area contributed by atoms with Gasteiger partial charge in [-0.25, -0.2) is 9.59 Å². The molecule has 1 N–H and O–H groups in total.